The molecule has 1 aromatic carbocycles. The van der Waals surface area contributed by atoms with E-state index < -0.39 is 0 Å². The number of hydrogen-bond acceptors (Lipinski definition) is 5. The maximum Gasteiger partial charge on any atom is 0.223 e. The molecule has 2 aliphatic rings. The summed E-state index contributed by atoms with van der Waals surface area (Å²) >= 11 is 1.68. The third kappa shape index (κ3) is 4.93. The second-order valence-electron chi connectivity index (χ2n) is 7.76. The highest BCUT2D eigenvalue weighted by Crippen LogP contribution is 2.26. The van der Waals surface area contributed by atoms with Crippen molar-refractivity contribution in [2.75, 3.05) is 13.1 Å². The molecule has 1 saturated heterocycles. The second-order valence-corrected chi connectivity index (χ2v) is 8.82. The Morgan fingerprint density at radius 2 is 1.78 bits per heavy atom. The zero-order valence-corrected chi connectivity index (χ0v) is 16.6. The molecular weight excluding hydrogens is 356 g/mol. The number of benzene rings is 1. The molecule has 1 aromatic heterocycles. The summed E-state index contributed by atoms with van der Waals surface area (Å²) in [5.74, 6) is 0.555. The summed E-state index contributed by atoms with van der Waals surface area (Å²) in [4.78, 5) is 14.9. The molecule has 144 valence electrons. The van der Waals surface area contributed by atoms with Crippen molar-refractivity contribution in [3.8, 4) is 10.6 Å². The smallest absolute Gasteiger partial charge is 0.223 e. The molecule has 1 saturated carbocycles. The zero-order chi connectivity index (χ0) is 18.5. The predicted octanol–water partition coefficient (Wildman–Crippen LogP) is 3.87. The van der Waals surface area contributed by atoms with E-state index >= 15 is 0 Å². The number of hydrogen-bond donors (Lipinski definition) is 1. The monoisotopic (exact) mass is 384 g/mol. The average Bonchev–Trinajstić information content (AvgIpc) is 3.19. The van der Waals surface area contributed by atoms with Crippen LogP contribution in [0.1, 0.15) is 50.0 Å². The molecule has 0 bridgehead atoms. The number of carbonyl (C=O) groups is 1. The molecule has 0 atom stereocenters. The van der Waals surface area contributed by atoms with Gasteiger partial charge in [-0.3, -0.25) is 9.69 Å². The maximum atomic E-state index is 12.4. The number of nitrogens with zero attached hydrogens (tertiary/aromatic N) is 3. The van der Waals surface area contributed by atoms with Crippen molar-refractivity contribution in [3.63, 3.8) is 0 Å². The second kappa shape index (κ2) is 8.93. The van der Waals surface area contributed by atoms with E-state index in [1.807, 2.05) is 18.2 Å². The molecule has 2 aromatic rings. The fourth-order valence-electron chi connectivity index (χ4n) is 4.13. The average molecular weight is 385 g/mol. The Morgan fingerprint density at radius 1 is 1.04 bits per heavy atom. The van der Waals surface area contributed by atoms with Crippen LogP contribution in [0.25, 0.3) is 10.6 Å². The van der Waals surface area contributed by atoms with E-state index in [-0.39, 0.29) is 5.92 Å². The number of piperidine rings is 1. The van der Waals surface area contributed by atoms with Crippen LogP contribution in [0.5, 0.6) is 0 Å². The van der Waals surface area contributed by atoms with Crippen molar-refractivity contribution in [2.24, 2.45) is 5.92 Å². The molecule has 1 N–H and O–H groups in total. The quantitative estimate of drug-likeness (QED) is 0.850. The highest BCUT2D eigenvalue weighted by atomic mass is 32.1. The first-order chi connectivity index (χ1) is 13.3. The topological polar surface area (TPSA) is 58.1 Å². The highest BCUT2D eigenvalue weighted by molar-refractivity contribution is 7.14. The Labute approximate surface area is 165 Å². The summed E-state index contributed by atoms with van der Waals surface area (Å²) in [7, 11) is 0. The predicted molar refractivity (Wildman–Crippen MR) is 108 cm³/mol. The lowest BCUT2D eigenvalue weighted by atomic mass is 9.88. The van der Waals surface area contributed by atoms with Gasteiger partial charge in [0.1, 0.15) is 10.0 Å². The van der Waals surface area contributed by atoms with Crippen LogP contribution in [-0.4, -0.2) is 40.1 Å². The fourth-order valence-corrected chi connectivity index (χ4v) is 5.01. The SMILES string of the molecule is O=C(NC1CCN(Cc2nnc(-c3ccccc3)s2)CC1)C1CCCCC1. The Bertz CT molecular complexity index is 734. The molecule has 1 amide bonds. The van der Waals surface area contributed by atoms with Crippen LogP contribution in [0.2, 0.25) is 0 Å². The summed E-state index contributed by atoms with van der Waals surface area (Å²) < 4.78 is 0. The molecule has 5 nitrogen and oxygen atoms in total. The molecule has 2 heterocycles. The van der Waals surface area contributed by atoms with Crippen molar-refractivity contribution >= 4 is 17.2 Å². The van der Waals surface area contributed by atoms with Gasteiger partial charge >= 0.3 is 0 Å². The maximum absolute atomic E-state index is 12.4. The molecule has 1 aliphatic heterocycles. The van der Waals surface area contributed by atoms with Gasteiger partial charge in [-0.15, -0.1) is 10.2 Å². The van der Waals surface area contributed by atoms with Crippen molar-refractivity contribution < 1.29 is 4.79 Å². The highest BCUT2D eigenvalue weighted by Gasteiger charge is 2.26. The van der Waals surface area contributed by atoms with Gasteiger partial charge in [0.2, 0.25) is 5.91 Å². The van der Waals surface area contributed by atoms with E-state index in [9.17, 15) is 4.79 Å². The van der Waals surface area contributed by atoms with Gasteiger partial charge < -0.3 is 5.32 Å². The lowest BCUT2D eigenvalue weighted by Gasteiger charge is -2.33. The minimum Gasteiger partial charge on any atom is -0.353 e. The van der Waals surface area contributed by atoms with E-state index in [0.717, 1.165) is 60.9 Å². The van der Waals surface area contributed by atoms with Crippen LogP contribution >= 0.6 is 11.3 Å². The Morgan fingerprint density at radius 3 is 2.52 bits per heavy atom. The number of aromatic nitrogens is 2. The van der Waals surface area contributed by atoms with Gasteiger partial charge in [0, 0.05) is 30.6 Å². The lowest BCUT2D eigenvalue weighted by Crippen LogP contribution is -2.46. The van der Waals surface area contributed by atoms with Crippen molar-refractivity contribution in [3.05, 3.63) is 35.3 Å². The zero-order valence-electron chi connectivity index (χ0n) is 15.8. The minimum atomic E-state index is 0.259. The lowest BCUT2D eigenvalue weighted by molar-refractivity contribution is -0.127. The van der Waals surface area contributed by atoms with Gasteiger partial charge in [0.05, 0.1) is 6.54 Å². The molecule has 4 rings (SSSR count). The van der Waals surface area contributed by atoms with Crippen LogP contribution in [0, 0.1) is 5.92 Å². The van der Waals surface area contributed by atoms with Gasteiger partial charge in [-0.1, -0.05) is 60.9 Å². The summed E-state index contributed by atoms with van der Waals surface area (Å²) in [5, 5.41) is 14.1. The molecule has 0 spiro atoms. The van der Waals surface area contributed by atoms with E-state index in [1.165, 1.54) is 19.3 Å². The van der Waals surface area contributed by atoms with Gasteiger partial charge in [0.15, 0.2) is 0 Å². The molecular formula is C21H28N4OS. The Hall–Kier alpha value is -1.79. The Kier molecular flexibility index (Phi) is 6.14. The van der Waals surface area contributed by atoms with Crippen molar-refractivity contribution in [1.29, 1.82) is 0 Å². The van der Waals surface area contributed by atoms with Gasteiger partial charge in [-0.25, -0.2) is 0 Å². The van der Waals surface area contributed by atoms with Crippen molar-refractivity contribution in [2.45, 2.75) is 57.5 Å². The standard InChI is InChI=1S/C21H28N4OS/c26-20(16-7-3-1-4-8-16)22-18-11-13-25(14-12-18)15-19-23-24-21(27-19)17-9-5-2-6-10-17/h2,5-6,9-10,16,18H,1,3-4,7-8,11-15H2,(H,22,26). The number of rotatable bonds is 5. The minimum absolute atomic E-state index is 0.259. The summed E-state index contributed by atoms with van der Waals surface area (Å²) in [6.07, 6.45) is 7.93. The van der Waals surface area contributed by atoms with Gasteiger partial charge in [0.25, 0.3) is 0 Å². The summed E-state index contributed by atoms with van der Waals surface area (Å²) in [5.41, 5.74) is 1.13. The van der Waals surface area contributed by atoms with E-state index in [2.05, 4.69) is 32.5 Å². The molecule has 0 radical (unpaired) electrons. The van der Waals surface area contributed by atoms with Crippen LogP contribution in [-0.2, 0) is 11.3 Å². The van der Waals surface area contributed by atoms with Crippen molar-refractivity contribution in [1.82, 2.24) is 20.4 Å². The third-order valence-corrected chi connectivity index (χ3v) is 6.71. The fraction of sp³-hybridized carbons (Fsp3) is 0.571. The number of likely N-dealkylation sites (tertiary alicyclic amines) is 1. The molecule has 0 unspecified atom stereocenters. The molecule has 6 heteroatoms. The largest absolute Gasteiger partial charge is 0.353 e. The first kappa shape index (κ1) is 18.6. The normalized spacial score (nSPS) is 19.9. The number of nitrogens with one attached hydrogen (secondary N) is 1. The third-order valence-electron chi connectivity index (χ3n) is 5.76. The molecule has 27 heavy (non-hydrogen) atoms. The summed E-state index contributed by atoms with van der Waals surface area (Å²) in [6, 6.07) is 10.6. The van der Waals surface area contributed by atoms with E-state index in [0.29, 0.717) is 11.9 Å². The van der Waals surface area contributed by atoms with E-state index in [1.54, 1.807) is 11.3 Å². The van der Waals surface area contributed by atoms with Crippen LogP contribution in [0.15, 0.2) is 30.3 Å². The first-order valence-electron chi connectivity index (χ1n) is 10.2. The number of carbonyl (C=O) groups excluding carboxylic acids is 1. The van der Waals surface area contributed by atoms with Crippen LogP contribution < -0.4 is 5.32 Å². The summed E-state index contributed by atoms with van der Waals surface area (Å²) in [6.45, 7) is 2.87. The number of amides is 1. The molecule has 2 fully saturated rings. The Balaban J connectivity index is 1.24. The van der Waals surface area contributed by atoms with Gasteiger partial charge in [-0.2, -0.15) is 0 Å². The molecule has 1 aliphatic carbocycles. The van der Waals surface area contributed by atoms with Gasteiger partial charge in [-0.05, 0) is 25.7 Å². The first-order valence-corrected chi connectivity index (χ1v) is 11.0. The van der Waals surface area contributed by atoms with E-state index in [4.69, 9.17) is 0 Å². The van der Waals surface area contributed by atoms with Crippen LogP contribution in [0.3, 0.4) is 0 Å². The van der Waals surface area contributed by atoms with Crippen LogP contribution in [0.4, 0.5) is 0 Å².